The largest absolute Gasteiger partial charge is 0.491 e. The molecular formula is C16H24Cl2O4. The summed E-state index contributed by atoms with van der Waals surface area (Å²) in [7, 11) is 0. The molecule has 1 rings (SSSR count). The maximum absolute atomic E-state index is 6.00. The lowest BCUT2D eigenvalue weighted by Crippen LogP contribution is -2.10. The summed E-state index contributed by atoms with van der Waals surface area (Å²) in [6.45, 7) is 7.28. The summed E-state index contributed by atoms with van der Waals surface area (Å²) in [4.78, 5) is 0. The zero-order chi connectivity index (χ0) is 16.2. The van der Waals surface area contributed by atoms with E-state index in [1.54, 1.807) is 0 Å². The van der Waals surface area contributed by atoms with Gasteiger partial charge in [-0.05, 0) is 26.0 Å². The van der Waals surface area contributed by atoms with E-state index in [9.17, 15) is 0 Å². The maximum Gasteiger partial charge on any atom is 0.124 e. The molecule has 0 fully saturated rings. The molecule has 0 heterocycles. The molecule has 0 aromatic heterocycles. The van der Waals surface area contributed by atoms with Crippen LogP contribution in [-0.2, 0) is 21.2 Å². The van der Waals surface area contributed by atoms with Gasteiger partial charge in [0, 0.05) is 24.3 Å². The molecule has 6 heteroatoms. The molecule has 0 spiro atoms. The third kappa shape index (κ3) is 6.61. The number of benzene rings is 1. The predicted molar refractivity (Wildman–Crippen MR) is 89.5 cm³/mol. The van der Waals surface area contributed by atoms with Gasteiger partial charge in [-0.25, -0.2) is 0 Å². The van der Waals surface area contributed by atoms with Crippen molar-refractivity contribution in [1.29, 1.82) is 0 Å². The molecule has 0 aliphatic heterocycles. The van der Waals surface area contributed by atoms with Gasteiger partial charge in [-0.1, -0.05) is 0 Å². The van der Waals surface area contributed by atoms with E-state index >= 15 is 0 Å². The van der Waals surface area contributed by atoms with Crippen molar-refractivity contribution in [2.75, 3.05) is 39.6 Å². The van der Waals surface area contributed by atoms with E-state index in [2.05, 4.69) is 0 Å². The molecule has 22 heavy (non-hydrogen) atoms. The predicted octanol–water partition coefficient (Wildman–Crippen LogP) is 3.99. The molecule has 0 unspecified atom stereocenters. The van der Waals surface area contributed by atoms with E-state index in [4.69, 9.17) is 42.1 Å². The van der Waals surface area contributed by atoms with Crippen LogP contribution in [0.2, 0.25) is 0 Å². The lowest BCUT2D eigenvalue weighted by Gasteiger charge is -2.16. The van der Waals surface area contributed by atoms with Crippen molar-refractivity contribution in [2.24, 2.45) is 0 Å². The number of ether oxygens (including phenoxy) is 4. The van der Waals surface area contributed by atoms with Crippen LogP contribution in [0.4, 0.5) is 0 Å². The Balaban J connectivity index is 2.73. The van der Waals surface area contributed by atoms with Crippen LogP contribution in [0.3, 0.4) is 0 Å². The van der Waals surface area contributed by atoms with Gasteiger partial charge in [-0.15, -0.1) is 23.2 Å². The Labute approximate surface area is 142 Å². The molecule has 0 saturated heterocycles. The molecule has 126 valence electrons. The Hall–Kier alpha value is -0.680. The third-order valence-corrected chi connectivity index (χ3v) is 3.49. The van der Waals surface area contributed by atoms with Crippen molar-refractivity contribution in [2.45, 2.75) is 25.6 Å². The zero-order valence-electron chi connectivity index (χ0n) is 13.2. The van der Waals surface area contributed by atoms with E-state index in [1.165, 1.54) is 0 Å². The van der Waals surface area contributed by atoms with Crippen molar-refractivity contribution in [3.05, 3.63) is 23.3 Å². The van der Waals surface area contributed by atoms with Crippen molar-refractivity contribution >= 4 is 23.2 Å². The Morgan fingerprint density at radius 1 is 0.727 bits per heavy atom. The molecule has 4 nitrogen and oxygen atoms in total. The molecule has 0 aliphatic carbocycles. The highest BCUT2D eigenvalue weighted by atomic mass is 35.5. The maximum atomic E-state index is 6.00. The molecule has 0 amide bonds. The fraction of sp³-hybridized carbons (Fsp3) is 0.625. The van der Waals surface area contributed by atoms with Gasteiger partial charge < -0.3 is 18.9 Å². The molecule has 0 bridgehead atoms. The van der Waals surface area contributed by atoms with Crippen molar-refractivity contribution in [3.63, 3.8) is 0 Å². The first-order valence-electron chi connectivity index (χ1n) is 7.45. The molecule has 0 aliphatic rings. The van der Waals surface area contributed by atoms with Gasteiger partial charge in [0.1, 0.15) is 24.7 Å². The minimum absolute atomic E-state index is 0.342. The quantitative estimate of drug-likeness (QED) is 0.421. The van der Waals surface area contributed by atoms with Crippen molar-refractivity contribution in [1.82, 2.24) is 0 Å². The summed E-state index contributed by atoms with van der Waals surface area (Å²) < 4.78 is 22.0. The van der Waals surface area contributed by atoms with E-state index in [0.717, 1.165) is 22.6 Å². The zero-order valence-corrected chi connectivity index (χ0v) is 14.7. The fourth-order valence-electron chi connectivity index (χ4n) is 1.83. The number of hydrogen-bond acceptors (Lipinski definition) is 4. The summed E-state index contributed by atoms with van der Waals surface area (Å²) in [5, 5.41) is 0. The molecule has 0 atom stereocenters. The molecule has 1 aromatic rings. The first kappa shape index (κ1) is 19.4. The van der Waals surface area contributed by atoms with Gasteiger partial charge in [0.2, 0.25) is 0 Å². The van der Waals surface area contributed by atoms with Gasteiger partial charge in [-0.3, -0.25) is 0 Å². The van der Waals surface area contributed by atoms with Crippen molar-refractivity contribution in [3.8, 4) is 11.5 Å². The Morgan fingerprint density at radius 3 is 1.45 bits per heavy atom. The number of halogens is 2. The van der Waals surface area contributed by atoms with E-state index in [0.29, 0.717) is 51.4 Å². The molecule has 0 N–H and O–H groups in total. The smallest absolute Gasteiger partial charge is 0.124 e. The topological polar surface area (TPSA) is 36.9 Å². The van der Waals surface area contributed by atoms with Crippen LogP contribution in [0.25, 0.3) is 0 Å². The van der Waals surface area contributed by atoms with Crippen LogP contribution in [0.1, 0.15) is 25.0 Å². The van der Waals surface area contributed by atoms with Gasteiger partial charge in [0.05, 0.1) is 25.0 Å². The number of rotatable bonds is 12. The van der Waals surface area contributed by atoms with Crippen LogP contribution < -0.4 is 9.47 Å². The normalized spacial score (nSPS) is 10.7. The monoisotopic (exact) mass is 350 g/mol. The van der Waals surface area contributed by atoms with Crippen LogP contribution in [0, 0.1) is 0 Å². The second-order valence-electron chi connectivity index (χ2n) is 4.43. The van der Waals surface area contributed by atoms with Gasteiger partial charge in [0.25, 0.3) is 0 Å². The number of hydrogen-bond donors (Lipinski definition) is 0. The lowest BCUT2D eigenvalue weighted by molar-refractivity contribution is 0.108. The number of alkyl halides is 2. The summed E-state index contributed by atoms with van der Waals surface area (Å²) in [6.07, 6.45) is 0. The molecule has 1 aromatic carbocycles. The fourth-order valence-corrected chi connectivity index (χ4v) is 2.25. The van der Waals surface area contributed by atoms with Gasteiger partial charge in [-0.2, -0.15) is 0 Å². The summed E-state index contributed by atoms with van der Waals surface area (Å²) in [6, 6.07) is 3.76. The van der Waals surface area contributed by atoms with Gasteiger partial charge in [0.15, 0.2) is 0 Å². The average Bonchev–Trinajstić information content (AvgIpc) is 2.55. The Bertz CT molecular complexity index is 387. The highest BCUT2D eigenvalue weighted by Crippen LogP contribution is 2.31. The minimum atomic E-state index is 0.342. The lowest BCUT2D eigenvalue weighted by atomic mass is 10.1. The summed E-state index contributed by atoms with van der Waals surface area (Å²) >= 11 is 12.0. The molecular weight excluding hydrogens is 327 g/mol. The molecule has 0 saturated carbocycles. The van der Waals surface area contributed by atoms with E-state index in [1.807, 2.05) is 26.0 Å². The SMILES string of the molecule is CCOCCOc1cc(CCl)c(OCCOCC)cc1CCl. The van der Waals surface area contributed by atoms with Gasteiger partial charge >= 0.3 is 0 Å². The van der Waals surface area contributed by atoms with Crippen LogP contribution in [-0.4, -0.2) is 39.6 Å². The second kappa shape index (κ2) is 11.8. The second-order valence-corrected chi connectivity index (χ2v) is 4.96. The summed E-state index contributed by atoms with van der Waals surface area (Å²) in [5.41, 5.74) is 1.75. The van der Waals surface area contributed by atoms with Crippen LogP contribution in [0.15, 0.2) is 12.1 Å². The van der Waals surface area contributed by atoms with Crippen molar-refractivity contribution < 1.29 is 18.9 Å². The third-order valence-electron chi connectivity index (χ3n) is 2.91. The highest BCUT2D eigenvalue weighted by molar-refractivity contribution is 6.18. The first-order chi connectivity index (χ1) is 10.8. The minimum Gasteiger partial charge on any atom is -0.491 e. The Morgan fingerprint density at radius 2 is 1.14 bits per heavy atom. The first-order valence-corrected chi connectivity index (χ1v) is 8.52. The van der Waals surface area contributed by atoms with Crippen LogP contribution in [0.5, 0.6) is 11.5 Å². The highest BCUT2D eigenvalue weighted by Gasteiger charge is 2.11. The average molecular weight is 351 g/mol. The van der Waals surface area contributed by atoms with E-state index < -0.39 is 0 Å². The van der Waals surface area contributed by atoms with E-state index in [-0.39, 0.29) is 0 Å². The summed E-state index contributed by atoms with van der Waals surface area (Å²) in [5.74, 6) is 2.13. The standard InChI is InChI=1S/C16H24Cl2O4/c1-3-19-5-7-21-15-9-14(12-18)16(10-13(15)11-17)22-8-6-20-4-2/h9-10H,3-8,11-12H2,1-2H3. The Kier molecular flexibility index (Phi) is 10.4. The van der Waals surface area contributed by atoms with Crippen LogP contribution >= 0.6 is 23.2 Å². The molecule has 0 radical (unpaired) electrons.